The van der Waals surface area contributed by atoms with Crippen LogP contribution >= 0.6 is 0 Å². The first kappa shape index (κ1) is 12.5. The molecule has 20 heavy (non-hydrogen) atoms. The third-order valence-electron chi connectivity index (χ3n) is 3.14. The van der Waals surface area contributed by atoms with Crippen molar-refractivity contribution >= 4 is 0 Å². The van der Waals surface area contributed by atoms with E-state index < -0.39 is 0 Å². The largest absolute Gasteiger partial charge is 0.334 e. The highest BCUT2D eigenvalue weighted by atomic mass is 19.1. The lowest BCUT2D eigenvalue weighted by Crippen LogP contribution is -1.83. The summed E-state index contributed by atoms with van der Waals surface area (Å²) in [5.41, 5.74) is 2.86. The Morgan fingerprint density at radius 2 is 1.60 bits per heavy atom. The zero-order chi connectivity index (χ0) is 13.9. The second-order valence-electron chi connectivity index (χ2n) is 4.48. The highest BCUT2D eigenvalue weighted by molar-refractivity contribution is 5.59. The topological polar surface area (TPSA) is 38.9 Å². The van der Waals surface area contributed by atoms with Crippen molar-refractivity contribution < 1.29 is 8.91 Å². The summed E-state index contributed by atoms with van der Waals surface area (Å²) >= 11 is 0. The standard InChI is InChI=1S/C16H13FN2O/c1-2-11-3-5-13(6-4-11)16-18-15(19-20-16)12-7-9-14(17)10-8-12/h3-10H,2H2,1H3. The molecule has 0 aliphatic heterocycles. The molecule has 0 N–H and O–H groups in total. The third kappa shape index (κ3) is 2.45. The minimum Gasteiger partial charge on any atom is -0.334 e. The maximum absolute atomic E-state index is 12.9. The highest BCUT2D eigenvalue weighted by Crippen LogP contribution is 2.22. The quantitative estimate of drug-likeness (QED) is 0.717. The molecule has 0 saturated heterocycles. The Balaban J connectivity index is 1.91. The first-order valence-electron chi connectivity index (χ1n) is 6.45. The van der Waals surface area contributed by atoms with Gasteiger partial charge in [0.2, 0.25) is 5.82 Å². The van der Waals surface area contributed by atoms with Crippen molar-refractivity contribution in [3.05, 3.63) is 59.9 Å². The lowest BCUT2D eigenvalue weighted by atomic mass is 10.1. The molecule has 0 radical (unpaired) electrons. The molecule has 0 atom stereocenters. The predicted octanol–water partition coefficient (Wildman–Crippen LogP) is 4.11. The van der Waals surface area contributed by atoms with Crippen molar-refractivity contribution in [2.24, 2.45) is 0 Å². The predicted molar refractivity (Wildman–Crippen MR) is 74.5 cm³/mol. The van der Waals surface area contributed by atoms with E-state index in [1.165, 1.54) is 17.7 Å². The number of hydrogen-bond acceptors (Lipinski definition) is 3. The number of nitrogens with zero attached hydrogens (tertiary/aromatic N) is 2. The molecule has 0 amide bonds. The van der Waals surface area contributed by atoms with Gasteiger partial charge in [0.15, 0.2) is 0 Å². The minimum absolute atomic E-state index is 0.285. The summed E-state index contributed by atoms with van der Waals surface area (Å²) in [5.74, 6) is 0.638. The van der Waals surface area contributed by atoms with Crippen LogP contribution in [0.15, 0.2) is 53.1 Å². The van der Waals surface area contributed by atoms with E-state index in [0.29, 0.717) is 11.7 Å². The minimum atomic E-state index is -0.285. The molecular weight excluding hydrogens is 255 g/mol. The van der Waals surface area contributed by atoms with E-state index in [0.717, 1.165) is 17.5 Å². The molecule has 0 aliphatic rings. The monoisotopic (exact) mass is 268 g/mol. The fraction of sp³-hybridized carbons (Fsp3) is 0.125. The van der Waals surface area contributed by atoms with Crippen LogP contribution in [0.25, 0.3) is 22.8 Å². The van der Waals surface area contributed by atoms with Crippen molar-refractivity contribution in [1.82, 2.24) is 10.1 Å². The average Bonchev–Trinajstić information content (AvgIpc) is 2.98. The summed E-state index contributed by atoms with van der Waals surface area (Å²) in [6.07, 6.45) is 0.991. The van der Waals surface area contributed by atoms with Gasteiger partial charge >= 0.3 is 0 Å². The molecule has 3 nitrogen and oxygen atoms in total. The molecule has 0 spiro atoms. The second-order valence-corrected chi connectivity index (χ2v) is 4.48. The molecule has 0 saturated carbocycles. The van der Waals surface area contributed by atoms with E-state index in [1.54, 1.807) is 12.1 Å². The van der Waals surface area contributed by atoms with Crippen LogP contribution in [0.3, 0.4) is 0 Å². The maximum Gasteiger partial charge on any atom is 0.258 e. The van der Waals surface area contributed by atoms with Crippen molar-refractivity contribution in [3.63, 3.8) is 0 Å². The van der Waals surface area contributed by atoms with Crippen LogP contribution in [-0.4, -0.2) is 10.1 Å². The summed E-state index contributed by atoms with van der Waals surface area (Å²) in [5, 5.41) is 3.93. The Morgan fingerprint density at radius 3 is 2.25 bits per heavy atom. The summed E-state index contributed by atoms with van der Waals surface area (Å²) in [6, 6.07) is 14.0. The fourth-order valence-electron chi connectivity index (χ4n) is 1.94. The fourth-order valence-corrected chi connectivity index (χ4v) is 1.94. The number of hydrogen-bond donors (Lipinski definition) is 0. The molecule has 3 aromatic rings. The summed E-state index contributed by atoms with van der Waals surface area (Å²) in [4.78, 5) is 4.34. The van der Waals surface area contributed by atoms with Gasteiger partial charge in [-0.25, -0.2) is 4.39 Å². The Labute approximate surface area is 116 Å². The lowest BCUT2D eigenvalue weighted by Gasteiger charge is -1.97. The molecule has 1 aromatic heterocycles. The first-order valence-corrected chi connectivity index (χ1v) is 6.45. The Kier molecular flexibility index (Phi) is 3.29. The van der Waals surface area contributed by atoms with E-state index in [-0.39, 0.29) is 5.82 Å². The third-order valence-corrected chi connectivity index (χ3v) is 3.14. The van der Waals surface area contributed by atoms with Crippen LogP contribution in [-0.2, 0) is 6.42 Å². The van der Waals surface area contributed by atoms with Crippen LogP contribution in [0.1, 0.15) is 12.5 Å². The van der Waals surface area contributed by atoms with Crippen molar-refractivity contribution in [2.45, 2.75) is 13.3 Å². The van der Waals surface area contributed by atoms with Gasteiger partial charge in [0.05, 0.1) is 0 Å². The number of aryl methyl sites for hydroxylation is 1. The van der Waals surface area contributed by atoms with Crippen LogP contribution < -0.4 is 0 Å². The van der Waals surface area contributed by atoms with Crippen LogP contribution in [0.5, 0.6) is 0 Å². The molecule has 3 rings (SSSR count). The molecule has 100 valence electrons. The van der Waals surface area contributed by atoms with Gasteiger partial charge in [-0.05, 0) is 48.4 Å². The lowest BCUT2D eigenvalue weighted by molar-refractivity contribution is 0.432. The zero-order valence-electron chi connectivity index (χ0n) is 11.0. The SMILES string of the molecule is CCc1ccc(-c2nc(-c3ccc(F)cc3)no2)cc1. The summed E-state index contributed by atoms with van der Waals surface area (Å²) < 4.78 is 18.1. The zero-order valence-corrected chi connectivity index (χ0v) is 11.0. The van der Waals surface area contributed by atoms with E-state index in [4.69, 9.17) is 4.52 Å². The average molecular weight is 268 g/mol. The van der Waals surface area contributed by atoms with Crippen LogP contribution in [0.2, 0.25) is 0 Å². The first-order chi connectivity index (χ1) is 9.76. The molecule has 0 unspecified atom stereocenters. The Bertz CT molecular complexity index is 702. The van der Waals surface area contributed by atoms with Gasteiger partial charge in [-0.1, -0.05) is 24.2 Å². The number of rotatable bonds is 3. The van der Waals surface area contributed by atoms with Crippen molar-refractivity contribution in [2.75, 3.05) is 0 Å². The van der Waals surface area contributed by atoms with E-state index in [9.17, 15) is 4.39 Å². The second kappa shape index (κ2) is 5.25. The van der Waals surface area contributed by atoms with Crippen LogP contribution in [0, 0.1) is 5.82 Å². The van der Waals surface area contributed by atoms with E-state index >= 15 is 0 Å². The maximum atomic E-state index is 12.9. The van der Waals surface area contributed by atoms with Crippen molar-refractivity contribution in [1.29, 1.82) is 0 Å². The molecule has 4 heteroatoms. The van der Waals surface area contributed by atoms with Crippen LogP contribution in [0.4, 0.5) is 4.39 Å². The smallest absolute Gasteiger partial charge is 0.258 e. The van der Waals surface area contributed by atoms with E-state index in [1.807, 2.05) is 24.3 Å². The highest BCUT2D eigenvalue weighted by Gasteiger charge is 2.10. The van der Waals surface area contributed by atoms with Gasteiger partial charge in [-0.3, -0.25) is 0 Å². The molecular formula is C16H13FN2O. The van der Waals surface area contributed by atoms with Gasteiger partial charge in [-0.15, -0.1) is 0 Å². The molecule has 2 aromatic carbocycles. The van der Waals surface area contributed by atoms with Crippen molar-refractivity contribution in [3.8, 4) is 22.8 Å². The number of aromatic nitrogens is 2. The van der Waals surface area contributed by atoms with Gasteiger partial charge in [0.1, 0.15) is 5.82 Å². The van der Waals surface area contributed by atoms with E-state index in [2.05, 4.69) is 17.1 Å². The van der Waals surface area contributed by atoms with Gasteiger partial charge in [0.25, 0.3) is 5.89 Å². The molecule has 0 aliphatic carbocycles. The Hall–Kier alpha value is -2.49. The van der Waals surface area contributed by atoms with Gasteiger partial charge in [0, 0.05) is 11.1 Å². The normalized spacial score (nSPS) is 10.7. The van der Waals surface area contributed by atoms with Gasteiger partial charge in [-0.2, -0.15) is 4.98 Å². The molecule has 1 heterocycles. The number of benzene rings is 2. The Morgan fingerprint density at radius 1 is 0.950 bits per heavy atom. The number of halogens is 1. The summed E-state index contributed by atoms with van der Waals surface area (Å²) in [7, 11) is 0. The summed E-state index contributed by atoms with van der Waals surface area (Å²) in [6.45, 7) is 2.11. The van der Waals surface area contributed by atoms with Gasteiger partial charge < -0.3 is 4.52 Å². The molecule has 0 bridgehead atoms. The molecule has 0 fully saturated rings.